The fraction of sp³-hybridized carbons (Fsp3) is 0.833. The van der Waals surface area contributed by atoms with Gasteiger partial charge >= 0.3 is 5.97 Å². The van der Waals surface area contributed by atoms with Gasteiger partial charge in [-0.3, -0.25) is 9.59 Å². The van der Waals surface area contributed by atoms with E-state index < -0.39 is 0 Å². The number of nitrogens with one attached hydrogen (secondary N) is 1. The van der Waals surface area contributed by atoms with Gasteiger partial charge in [-0.15, -0.1) is 0 Å². The van der Waals surface area contributed by atoms with Crippen molar-refractivity contribution >= 4 is 11.9 Å². The van der Waals surface area contributed by atoms with E-state index in [1.807, 2.05) is 0 Å². The van der Waals surface area contributed by atoms with Crippen molar-refractivity contribution in [1.29, 1.82) is 0 Å². The minimum Gasteiger partial charge on any atom is -0.465 e. The fourth-order valence-electron chi connectivity index (χ4n) is 1.95. The third-order valence-electron chi connectivity index (χ3n) is 2.91. The number of carbonyl (C=O) groups excluding carboxylic acids is 2. The summed E-state index contributed by atoms with van der Waals surface area (Å²) < 4.78 is 9.84. The van der Waals surface area contributed by atoms with Crippen LogP contribution in [0.15, 0.2) is 0 Å². The lowest BCUT2D eigenvalue weighted by molar-refractivity contribution is -0.150. The third kappa shape index (κ3) is 4.62. The number of esters is 1. The van der Waals surface area contributed by atoms with E-state index in [-0.39, 0.29) is 24.3 Å². The van der Waals surface area contributed by atoms with E-state index in [1.165, 1.54) is 4.90 Å². The van der Waals surface area contributed by atoms with Crippen LogP contribution in [0.2, 0.25) is 0 Å². The van der Waals surface area contributed by atoms with Crippen LogP contribution in [0.1, 0.15) is 13.3 Å². The molecule has 1 saturated heterocycles. The molecule has 1 atom stereocenters. The molecule has 1 N–H and O–H groups in total. The molecule has 0 aliphatic carbocycles. The van der Waals surface area contributed by atoms with Crippen LogP contribution in [0.3, 0.4) is 0 Å². The molecule has 0 aromatic rings. The molecule has 0 saturated carbocycles. The van der Waals surface area contributed by atoms with Crippen molar-refractivity contribution < 1.29 is 19.1 Å². The predicted molar refractivity (Wildman–Crippen MR) is 66.1 cm³/mol. The number of nitrogens with zero attached hydrogens (tertiary/aromatic N) is 1. The summed E-state index contributed by atoms with van der Waals surface area (Å²) in [6, 6.07) is 0. The molecule has 0 radical (unpaired) electrons. The Morgan fingerprint density at radius 1 is 1.44 bits per heavy atom. The molecule has 6 nitrogen and oxygen atoms in total. The molecule has 1 heterocycles. The summed E-state index contributed by atoms with van der Waals surface area (Å²) in [6.45, 7) is 4.47. The maximum atomic E-state index is 12.2. The minimum absolute atomic E-state index is 0.00473. The Kier molecular flexibility index (Phi) is 6.67. The van der Waals surface area contributed by atoms with Gasteiger partial charge < -0.3 is 19.7 Å². The molecular formula is C12H22N2O4. The number of hydrogen-bond donors (Lipinski definition) is 1. The zero-order chi connectivity index (χ0) is 13.4. The van der Waals surface area contributed by atoms with Gasteiger partial charge in [-0.05, 0) is 19.9 Å². The molecular weight excluding hydrogens is 236 g/mol. The zero-order valence-corrected chi connectivity index (χ0v) is 11.1. The summed E-state index contributed by atoms with van der Waals surface area (Å²) in [5.41, 5.74) is 0. The third-order valence-corrected chi connectivity index (χ3v) is 2.91. The number of amides is 1. The largest absolute Gasteiger partial charge is 0.465 e. The summed E-state index contributed by atoms with van der Waals surface area (Å²) in [6.07, 6.45) is 0.825. The number of carbonyl (C=O) groups is 2. The Balaban J connectivity index is 2.52. The summed E-state index contributed by atoms with van der Waals surface area (Å²) in [4.78, 5) is 25.2. The van der Waals surface area contributed by atoms with Crippen LogP contribution in [0.5, 0.6) is 0 Å². The Morgan fingerprint density at radius 2 is 2.22 bits per heavy atom. The SMILES string of the molecule is CCOC(=O)CN(CCOC)C(=O)C1CCNC1. The first-order valence-corrected chi connectivity index (χ1v) is 6.33. The number of hydrogen-bond acceptors (Lipinski definition) is 5. The topological polar surface area (TPSA) is 67.9 Å². The highest BCUT2D eigenvalue weighted by Crippen LogP contribution is 2.11. The molecule has 104 valence electrons. The standard InChI is InChI=1S/C12H22N2O4/c1-3-18-11(15)9-14(6-7-17-2)12(16)10-4-5-13-8-10/h10,13H,3-9H2,1-2H3. The molecule has 0 spiro atoms. The van der Waals surface area contributed by atoms with E-state index in [9.17, 15) is 9.59 Å². The van der Waals surface area contributed by atoms with E-state index in [0.29, 0.717) is 26.3 Å². The quantitative estimate of drug-likeness (QED) is 0.631. The summed E-state index contributed by atoms with van der Waals surface area (Å²) in [5.74, 6) is -0.394. The van der Waals surface area contributed by atoms with Crippen LogP contribution in [0.4, 0.5) is 0 Å². The molecule has 6 heteroatoms. The van der Waals surface area contributed by atoms with E-state index >= 15 is 0 Å². The van der Waals surface area contributed by atoms with Crippen molar-refractivity contribution in [3.63, 3.8) is 0 Å². The van der Waals surface area contributed by atoms with Crippen LogP contribution in [0, 0.1) is 5.92 Å². The summed E-state index contributed by atoms with van der Waals surface area (Å²) >= 11 is 0. The molecule has 1 unspecified atom stereocenters. The maximum absolute atomic E-state index is 12.2. The number of ether oxygens (including phenoxy) is 2. The number of methoxy groups -OCH3 is 1. The van der Waals surface area contributed by atoms with Crippen LogP contribution in [-0.2, 0) is 19.1 Å². The average molecular weight is 258 g/mol. The molecule has 1 aliphatic rings. The number of rotatable bonds is 7. The lowest BCUT2D eigenvalue weighted by Crippen LogP contribution is -2.42. The fourth-order valence-corrected chi connectivity index (χ4v) is 1.95. The minimum atomic E-state index is -0.368. The first-order chi connectivity index (χ1) is 8.69. The van der Waals surface area contributed by atoms with Gasteiger partial charge in [-0.25, -0.2) is 0 Å². The molecule has 0 aromatic heterocycles. The average Bonchev–Trinajstić information content (AvgIpc) is 2.87. The zero-order valence-electron chi connectivity index (χ0n) is 11.1. The Hall–Kier alpha value is -1.14. The van der Waals surface area contributed by atoms with Gasteiger partial charge in [-0.2, -0.15) is 0 Å². The van der Waals surface area contributed by atoms with Crippen molar-refractivity contribution in [2.45, 2.75) is 13.3 Å². The van der Waals surface area contributed by atoms with Gasteiger partial charge in [0.05, 0.1) is 19.1 Å². The highest BCUT2D eigenvalue weighted by atomic mass is 16.5. The van der Waals surface area contributed by atoms with E-state index in [0.717, 1.165) is 13.0 Å². The molecule has 1 amide bonds. The van der Waals surface area contributed by atoms with Gasteiger partial charge in [0.2, 0.25) is 5.91 Å². The molecule has 1 aliphatic heterocycles. The molecule has 0 aromatic carbocycles. The lowest BCUT2D eigenvalue weighted by Gasteiger charge is -2.24. The van der Waals surface area contributed by atoms with Gasteiger partial charge in [0.1, 0.15) is 6.54 Å². The van der Waals surface area contributed by atoms with Gasteiger partial charge in [-0.1, -0.05) is 0 Å². The Morgan fingerprint density at radius 3 is 2.78 bits per heavy atom. The Bertz CT molecular complexity index is 277. The van der Waals surface area contributed by atoms with Crippen molar-refractivity contribution in [2.24, 2.45) is 5.92 Å². The van der Waals surface area contributed by atoms with Crippen molar-refractivity contribution in [1.82, 2.24) is 10.2 Å². The molecule has 0 bridgehead atoms. The van der Waals surface area contributed by atoms with Gasteiger partial charge in [0, 0.05) is 20.2 Å². The first kappa shape index (κ1) is 14.9. The summed E-state index contributed by atoms with van der Waals surface area (Å²) in [5, 5.41) is 3.15. The first-order valence-electron chi connectivity index (χ1n) is 6.33. The van der Waals surface area contributed by atoms with Crippen LogP contribution in [0.25, 0.3) is 0 Å². The second kappa shape index (κ2) is 8.05. The summed E-state index contributed by atoms with van der Waals surface area (Å²) in [7, 11) is 1.57. The maximum Gasteiger partial charge on any atom is 0.325 e. The van der Waals surface area contributed by atoms with Crippen molar-refractivity contribution in [3.8, 4) is 0 Å². The lowest BCUT2D eigenvalue weighted by atomic mass is 10.1. The molecule has 1 fully saturated rings. The van der Waals surface area contributed by atoms with Gasteiger partial charge in [0.25, 0.3) is 0 Å². The van der Waals surface area contributed by atoms with Crippen molar-refractivity contribution in [3.05, 3.63) is 0 Å². The van der Waals surface area contributed by atoms with Crippen molar-refractivity contribution in [2.75, 3.05) is 46.5 Å². The molecule has 18 heavy (non-hydrogen) atoms. The van der Waals surface area contributed by atoms with Crippen LogP contribution in [-0.4, -0.2) is 63.3 Å². The monoisotopic (exact) mass is 258 g/mol. The van der Waals surface area contributed by atoms with Gasteiger partial charge in [0.15, 0.2) is 0 Å². The second-order valence-corrected chi connectivity index (χ2v) is 4.25. The van der Waals surface area contributed by atoms with Crippen LogP contribution < -0.4 is 5.32 Å². The van der Waals surface area contributed by atoms with E-state index in [2.05, 4.69) is 5.32 Å². The highest BCUT2D eigenvalue weighted by Gasteiger charge is 2.28. The van der Waals surface area contributed by atoms with E-state index in [4.69, 9.17) is 9.47 Å². The highest BCUT2D eigenvalue weighted by molar-refractivity contribution is 5.84. The van der Waals surface area contributed by atoms with E-state index in [1.54, 1.807) is 14.0 Å². The van der Waals surface area contributed by atoms with Crippen LogP contribution >= 0.6 is 0 Å². The predicted octanol–water partition coefficient (Wildman–Crippen LogP) is -0.366. The second-order valence-electron chi connectivity index (χ2n) is 4.25. The Labute approximate surface area is 108 Å². The molecule has 1 rings (SSSR count). The smallest absolute Gasteiger partial charge is 0.325 e. The normalized spacial score (nSPS) is 18.7.